The molecule has 0 bridgehead atoms. The van der Waals surface area contributed by atoms with E-state index in [1.165, 1.54) is 12.1 Å². The van der Waals surface area contributed by atoms with Crippen molar-refractivity contribution in [1.82, 2.24) is 0 Å². The van der Waals surface area contributed by atoms with Gasteiger partial charge in [0, 0.05) is 23.4 Å². The van der Waals surface area contributed by atoms with Gasteiger partial charge in [-0.3, -0.25) is 10.1 Å². The number of aryl methyl sites for hydroxylation is 1. The van der Waals surface area contributed by atoms with E-state index in [4.69, 9.17) is 5.73 Å². The molecule has 0 heterocycles. The Morgan fingerprint density at radius 1 is 1.18 bits per heavy atom. The zero-order valence-electron chi connectivity index (χ0n) is 9.38. The summed E-state index contributed by atoms with van der Waals surface area (Å²) in [6.07, 6.45) is 0. The smallest absolute Gasteiger partial charge is 0.270 e. The van der Waals surface area contributed by atoms with E-state index in [9.17, 15) is 10.1 Å². The number of nitro groups is 1. The predicted molar refractivity (Wildman–Crippen MR) is 67.7 cm³/mol. The molecule has 2 aromatic carbocycles. The highest BCUT2D eigenvalue weighted by Crippen LogP contribution is 2.29. The van der Waals surface area contributed by atoms with E-state index < -0.39 is 4.92 Å². The number of benzene rings is 2. The molecule has 0 saturated carbocycles. The van der Waals surface area contributed by atoms with Crippen LogP contribution in [0.5, 0.6) is 0 Å². The standard InChI is InChI=1S/C13H12N2O2/c1-9-5-6-12(13(14)7-9)10-3-2-4-11(8-10)15(16)17/h2-8H,14H2,1H3. The normalized spacial score (nSPS) is 10.2. The third kappa shape index (κ3) is 2.25. The average molecular weight is 228 g/mol. The van der Waals surface area contributed by atoms with Gasteiger partial charge in [0.2, 0.25) is 0 Å². The fourth-order valence-electron chi connectivity index (χ4n) is 1.73. The topological polar surface area (TPSA) is 69.2 Å². The molecular formula is C13H12N2O2. The molecule has 4 nitrogen and oxygen atoms in total. The van der Waals surface area contributed by atoms with E-state index in [0.717, 1.165) is 16.7 Å². The lowest BCUT2D eigenvalue weighted by molar-refractivity contribution is -0.384. The number of hydrogen-bond donors (Lipinski definition) is 1. The van der Waals surface area contributed by atoms with Crippen LogP contribution in [0.15, 0.2) is 42.5 Å². The van der Waals surface area contributed by atoms with E-state index >= 15 is 0 Å². The van der Waals surface area contributed by atoms with Gasteiger partial charge in [-0.25, -0.2) is 0 Å². The number of nitro benzene ring substituents is 1. The number of nitrogens with two attached hydrogens (primary N) is 1. The van der Waals surface area contributed by atoms with Gasteiger partial charge in [-0.15, -0.1) is 0 Å². The number of nitrogens with zero attached hydrogens (tertiary/aromatic N) is 1. The maximum atomic E-state index is 10.7. The summed E-state index contributed by atoms with van der Waals surface area (Å²) < 4.78 is 0. The van der Waals surface area contributed by atoms with Crippen molar-refractivity contribution in [3.05, 3.63) is 58.1 Å². The lowest BCUT2D eigenvalue weighted by Crippen LogP contribution is -1.92. The molecule has 86 valence electrons. The van der Waals surface area contributed by atoms with Crippen LogP contribution in [0.3, 0.4) is 0 Å². The van der Waals surface area contributed by atoms with Crippen molar-refractivity contribution in [2.45, 2.75) is 6.92 Å². The van der Waals surface area contributed by atoms with Crippen LogP contribution in [0, 0.1) is 17.0 Å². The minimum atomic E-state index is -0.409. The molecule has 0 fully saturated rings. The van der Waals surface area contributed by atoms with E-state index in [2.05, 4.69) is 0 Å². The Morgan fingerprint density at radius 2 is 1.94 bits per heavy atom. The first kappa shape index (κ1) is 11.1. The van der Waals surface area contributed by atoms with E-state index in [0.29, 0.717) is 5.69 Å². The third-order valence-corrected chi connectivity index (χ3v) is 2.58. The van der Waals surface area contributed by atoms with Crippen LogP contribution in [0.4, 0.5) is 11.4 Å². The Labute approximate surface area is 98.8 Å². The van der Waals surface area contributed by atoms with Crippen molar-refractivity contribution in [3.8, 4) is 11.1 Å². The van der Waals surface area contributed by atoms with Crippen LogP contribution < -0.4 is 5.73 Å². The molecule has 0 aliphatic heterocycles. The number of rotatable bonds is 2. The molecule has 0 aromatic heterocycles. The number of nitrogen functional groups attached to an aromatic ring is 1. The van der Waals surface area contributed by atoms with Crippen molar-refractivity contribution in [2.24, 2.45) is 0 Å². The maximum Gasteiger partial charge on any atom is 0.270 e. The lowest BCUT2D eigenvalue weighted by atomic mass is 10.0. The molecule has 0 atom stereocenters. The summed E-state index contributed by atoms with van der Waals surface area (Å²) in [5, 5.41) is 10.7. The summed E-state index contributed by atoms with van der Waals surface area (Å²) in [5.74, 6) is 0. The van der Waals surface area contributed by atoms with Gasteiger partial charge in [-0.1, -0.05) is 24.3 Å². The third-order valence-electron chi connectivity index (χ3n) is 2.58. The summed E-state index contributed by atoms with van der Waals surface area (Å²) in [6, 6.07) is 12.1. The van der Waals surface area contributed by atoms with Crippen LogP contribution in [-0.2, 0) is 0 Å². The van der Waals surface area contributed by atoms with Gasteiger partial charge in [-0.05, 0) is 24.1 Å². The van der Waals surface area contributed by atoms with Gasteiger partial charge in [0.25, 0.3) is 5.69 Å². The predicted octanol–water partition coefficient (Wildman–Crippen LogP) is 3.15. The van der Waals surface area contributed by atoms with Crippen LogP contribution in [0.25, 0.3) is 11.1 Å². The summed E-state index contributed by atoms with van der Waals surface area (Å²) in [6.45, 7) is 1.95. The highest BCUT2D eigenvalue weighted by Gasteiger charge is 2.08. The molecule has 17 heavy (non-hydrogen) atoms. The summed E-state index contributed by atoms with van der Waals surface area (Å²) in [4.78, 5) is 10.3. The molecular weight excluding hydrogens is 216 g/mol. The Morgan fingerprint density at radius 3 is 2.59 bits per heavy atom. The molecule has 0 spiro atoms. The van der Waals surface area contributed by atoms with Crippen molar-refractivity contribution in [2.75, 3.05) is 5.73 Å². The first-order chi connectivity index (χ1) is 8.08. The van der Waals surface area contributed by atoms with Crippen LogP contribution in [0.2, 0.25) is 0 Å². The molecule has 0 unspecified atom stereocenters. The molecule has 0 radical (unpaired) electrons. The number of hydrogen-bond acceptors (Lipinski definition) is 3. The second kappa shape index (κ2) is 4.25. The van der Waals surface area contributed by atoms with Crippen molar-refractivity contribution in [3.63, 3.8) is 0 Å². The largest absolute Gasteiger partial charge is 0.398 e. The summed E-state index contributed by atoms with van der Waals surface area (Å²) in [7, 11) is 0. The number of non-ortho nitro benzene ring substituents is 1. The zero-order valence-corrected chi connectivity index (χ0v) is 9.38. The Hall–Kier alpha value is -2.36. The van der Waals surface area contributed by atoms with Crippen molar-refractivity contribution in [1.29, 1.82) is 0 Å². The minimum absolute atomic E-state index is 0.0717. The molecule has 4 heteroatoms. The maximum absolute atomic E-state index is 10.7. The second-order valence-corrected chi connectivity index (χ2v) is 3.90. The highest BCUT2D eigenvalue weighted by atomic mass is 16.6. The molecule has 2 aromatic rings. The van der Waals surface area contributed by atoms with Gasteiger partial charge in [0.05, 0.1) is 4.92 Å². The minimum Gasteiger partial charge on any atom is -0.398 e. The van der Waals surface area contributed by atoms with Gasteiger partial charge in [-0.2, -0.15) is 0 Å². The average Bonchev–Trinajstić information content (AvgIpc) is 2.29. The SMILES string of the molecule is Cc1ccc(-c2cccc([N+](=O)[O-])c2)c(N)c1. The van der Waals surface area contributed by atoms with E-state index in [1.807, 2.05) is 31.2 Å². The number of anilines is 1. The zero-order chi connectivity index (χ0) is 12.4. The van der Waals surface area contributed by atoms with Gasteiger partial charge < -0.3 is 5.73 Å². The summed E-state index contributed by atoms with van der Waals surface area (Å²) >= 11 is 0. The van der Waals surface area contributed by atoms with Gasteiger partial charge in [0.1, 0.15) is 0 Å². The molecule has 2 N–H and O–H groups in total. The molecule has 0 amide bonds. The fourth-order valence-corrected chi connectivity index (χ4v) is 1.73. The molecule has 0 aliphatic rings. The molecule has 0 saturated heterocycles. The first-order valence-corrected chi connectivity index (χ1v) is 5.19. The van der Waals surface area contributed by atoms with Gasteiger partial charge in [0.15, 0.2) is 0 Å². The van der Waals surface area contributed by atoms with Crippen molar-refractivity contribution < 1.29 is 4.92 Å². The van der Waals surface area contributed by atoms with Crippen LogP contribution in [-0.4, -0.2) is 4.92 Å². The van der Waals surface area contributed by atoms with Crippen LogP contribution in [0.1, 0.15) is 5.56 Å². The monoisotopic (exact) mass is 228 g/mol. The summed E-state index contributed by atoms with van der Waals surface area (Å²) in [5.41, 5.74) is 9.26. The molecule has 2 rings (SSSR count). The van der Waals surface area contributed by atoms with Crippen LogP contribution >= 0.6 is 0 Å². The fraction of sp³-hybridized carbons (Fsp3) is 0.0769. The van der Waals surface area contributed by atoms with E-state index in [1.54, 1.807) is 6.07 Å². The Bertz CT molecular complexity index is 579. The Balaban J connectivity index is 2.53. The molecule has 0 aliphatic carbocycles. The highest BCUT2D eigenvalue weighted by molar-refractivity contribution is 5.77. The van der Waals surface area contributed by atoms with E-state index in [-0.39, 0.29) is 5.69 Å². The quantitative estimate of drug-likeness (QED) is 0.487. The second-order valence-electron chi connectivity index (χ2n) is 3.90. The lowest BCUT2D eigenvalue weighted by Gasteiger charge is -2.06. The Kier molecular flexibility index (Phi) is 2.78. The van der Waals surface area contributed by atoms with Crippen molar-refractivity contribution >= 4 is 11.4 Å². The van der Waals surface area contributed by atoms with Gasteiger partial charge >= 0.3 is 0 Å². The first-order valence-electron chi connectivity index (χ1n) is 5.19.